The topological polar surface area (TPSA) is 83.6 Å². The van der Waals surface area contributed by atoms with Gasteiger partial charge < -0.3 is 24.3 Å². The van der Waals surface area contributed by atoms with E-state index in [2.05, 4.69) is 25.8 Å². The number of hydrogen-bond donors (Lipinski definition) is 1. The Balaban J connectivity index is 1.03. The summed E-state index contributed by atoms with van der Waals surface area (Å²) in [7, 11) is 0. The second-order valence-corrected chi connectivity index (χ2v) is 10.5. The summed E-state index contributed by atoms with van der Waals surface area (Å²) in [6.45, 7) is 3.09. The Labute approximate surface area is 229 Å². The number of piperidine rings is 2. The van der Waals surface area contributed by atoms with Crippen molar-refractivity contribution in [2.24, 2.45) is 5.92 Å². The van der Waals surface area contributed by atoms with Crippen LogP contribution >= 0.6 is 0 Å². The van der Waals surface area contributed by atoms with Crippen LogP contribution in [0.5, 0.6) is 11.5 Å². The van der Waals surface area contributed by atoms with Crippen LogP contribution in [-0.2, 0) is 0 Å². The summed E-state index contributed by atoms with van der Waals surface area (Å²) in [5, 5.41) is 2.21. The van der Waals surface area contributed by atoms with E-state index in [9.17, 15) is 18.0 Å². The summed E-state index contributed by atoms with van der Waals surface area (Å²) in [5.41, 5.74) is 3.00. The van der Waals surface area contributed by atoms with E-state index in [0.717, 1.165) is 47.6 Å². The third kappa shape index (κ3) is 5.64. The number of halogens is 3. The molecule has 0 bridgehead atoms. The number of urea groups is 1. The highest BCUT2D eigenvalue weighted by Gasteiger charge is 2.32. The maximum Gasteiger partial charge on any atom is 0.573 e. The molecule has 3 aromatic heterocycles. The van der Waals surface area contributed by atoms with Crippen molar-refractivity contribution in [2.75, 3.05) is 32.8 Å². The van der Waals surface area contributed by atoms with Gasteiger partial charge in [0.2, 0.25) is 0 Å². The summed E-state index contributed by atoms with van der Waals surface area (Å²) >= 11 is 0. The fourth-order valence-electron chi connectivity index (χ4n) is 5.93. The van der Waals surface area contributed by atoms with E-state index in [0.29, 0.717) is 44.5 Å². The molecule has 2 amide bonds. The predicted molar refractivity (Wildman–Crippen MR) is 143 cm³/mol. The van der Waals surface area contributed by atoms with Gasteiger partial charge in [-0.3, -0.25) is 4.98 Å². The number of nitrogens with zero attached hydrogens (tertiary/aromatic N) is 4. The monoisotopic (exact) mass is 553 g/mol. The molecule has 2 fully saturated rings. The fraction of sp³-hybridized carbons (Fsp3) is 0.414. The van der Waals surface area contributed by atoms with E-state index in [1.165, 1.54) is 29.8 Å². The number of pyridine rings is 2. The minimum Gasteiger partial charge on any atom is -0.493 e. The number of fused-ring (bicyclic) bond motifs is 3. The van der Waals surface area contributed by atoms with Gasteiger partial charge in [0, 0.05) is 55.3 Å². The lowest BCUT2D eigenvalue weighted by Gasteiger charge is -2.39. The van der Waals surface area contributed by atoms with Gasteiger partial charge in [0.05, 0.1) is 18.3 Å². The van der Waals surface area contributed by atoms with Gasteiger partial charge in [0.15, 0.2) is 0 Å². The Bertz CT molecular complexity index is 1480. The van der Waals surface area contributed by atoms with Crippen LogP contribution in [0, 0.1) is 5.92 Å². The molecule has 8 nitrogen and oxygen atoms in total. The van der Waals surface area contributed by atoms with E-state index in [-0.39, 0.29) is 17.7 Å². The van der Waals surface area contributed by atoms with Gasteiger partial charge >= 0.3 is 12.4 Å². The molecule has 2 aliphatic rings. The predicted octanol–water partition coefficient (Wildman–Crippen LogP) is 6.10. The summed E-state index contributed by atoms with van der Waals surface area (Å²) in [5.74, 6) is 0.675. The quantitative estimate of drug-likeness (QED) is 0.323. The highest BCUT2D eigenvalue weighted by molar-refractivity contribution is 6.05. The van der Waals surface area contributed by atoms with Crippen molar-refractivity contribution >= 4 is 28.0 Å². The van der Waals surface area contributed by atoms with Crippen molar-refractivity contribution in [1.29, 1.82) is 0 Å². The minimum atomic E-state index is -4.73. The van der Waals surface area contributed by atoms with Gasteiger partial charge in [-0.15, -0.1) is 13.2 Å². The standard InChI is InChI=1S/C29H30F3N5O3/c30-29(31,32)40-22-5-3-21(4-6-22)39-18-19-2-1-13-37(17-19)28(38)36-14-9-20(10-15-36)23-7-11-33-25-16-35-27-24(26(23)25)8-12-34-27/h3-8,11-12,16,19-20H,1-2,9-10,13-15,17-18H2,(H,34,35). The van der Waals surface area contributed by atoms with E-state index >= 15 is 0 Å². The lowest BCUT2D eigenvalue weighted by molar-refractivity contribution is -0.274. The number of nitrogens with one attached hydrogen (secondary N) is 1. The number of hydrogen-bond acceptors (Lipinski definition) is 5. The normalized spacial score (nSPS) is 18.8. The number of rotatable bonds is 5. The Morgan fingerprint density at radius 1 is 0.975 bits per heavy atom. The molecule has 5 heterocycles. The van der Waals surface area contributed by atoms with Gasteiger partial charge in [0.25, 0.3) is 0 Å². The Morgan fingerprint density at radius 2 is 1.75 bits per heavy atom. The summed E-state index contributed by atoms with van der Waals surface area (Å²) < 4.78 is 46.8. The first-order valence-corrected chi connectivity index (χ1v) is 13.6. The largest absolute Gasteiger partial charge is 0.573 e. The summed E-state index contributed by atoms with van der Waals surface area (Å²) in [4.78, 5) is 29.4. The second-order valence-electron chi connectivity index (χ2n) is 10.5. The van der Waals surface area contributed by atoms with Crippen LogP contribution in [-0.4, -0.2) is 69.9 Å². The molecule has 0 spiro atoms. The molecule has 1 unspecified atom stereocenters. The first kappa shape index (κ1) is 26.2. The van der Waals surface area contributed by atoms with Crippen molar-refractivity contribution in [3.8, 4) is 11.5 Å². The molecule has 6 rings (SSSR count). The van der Waals surface area contributed by atoms with Crippen molar-refractivity contribution in [3.05, 3.63) is 60.6 Å². The summed E-state index contributed by atoms with van der Waals surface area (Å²) in [6.07, 6.45) is 4.41. The fourth-order valence-corrected chi connectivity index (χ4v) is 5.93. The smallest absolute Gasteiger partial charge is 0.493 e. The Morgan fingerprint density at radius 3 is 2.52 bits per heavy atom. The Kier molecular flexibility index (Phi) is 7.12. The third-order valence-electron chi connectivity index (χ3n) is 7.86. The van der Waals surface area contributed by atoms with E-state index < -0.39 is 6.36 Å². The van der Waals surface area contributed by atoms with Crippen molar-refractivity contribution < 1.29 is 27.4 Å². The average molecular weight is 554 g/mol. The second kappa shape index (κ2) is 10.9. The van der Waals surface area contributed by atoms with Crippen LogP contribution in [0.1, 0.15) is 37.2 Å². The molecule has 1 aromatic carbocycles. The number of H-pyrrole nitrogens is 1. The van der Waals surface area contributed by atoms with Crippen molar-refractivity contribution in [3.63, 3.8) is 0 Å². The van der Waals surface area contributed by atoms with Crippen LogP contribution in [0.15, 0.2) is 55.0 Å². The maximum atomic E-state index is 13.4. The lowest BCUT2D eigenvalue weighted by atomic mass is 9.87. The van der Waals surface area contributed by atoms with Crippen molar-refractivity contribution in [1.82, 2.24) is 24.8 Å². The molecule has 210 valence electrons. The number of alkyl halides is 3. The zero-order chi connectivity index (χ0) is 27.7. The average Bonchev–Trinajstić information content (AvgIpc) is 3.45. The molecule has 1 N–H and O–H groups in total. The molecule has 0 radical (unpaired) electrons. The van der Waals surface area contributed by atoms with Crippen LogP contribution in [0.3, 0.4) is 0 Å². The molecular weight excluding hydrogens is 523 g/mol. The Hall–Kier alpha value is -4.02. The minimum absolute atomic E-state index is 0.0635. The van der Waals surface area contributed by atoms with E-state index in [4.69, 9.17) is 4.74 Å². The summed E-state index contributed by atoms with van der Waals surface area (Å²) in [6, 6.07) is 9.59. The SMILES string of the molecule is O=C(N1CCC(c2ccnc3cnc4[nH]ccc4c23)CC1)N1CCCC(COc2ccc(OC(F)(F)F)cc2)C1. The van der Waals surface area contributed by atoms with Crippen LogP contribution in [0.25, 0.3) is 21.9 Å². The highest BCUT2D eigenvalue weighted by atomic mass is 19.4. The van der Waals surface area contributed by atoms with Crippen LogP contribution in [0.2, 0.25) is 0 Å². The molecule has 2 aliphatic heterocycles. The number of likely N-dealkylation sites (tertiary alicyclic amines) is 2. The number of carbonyl (C=O) groups is 1. The molecular formula is C29H30F3N5O3. The van der Waals surface area contributed by atoms with Crippen LogP contribution in [0.4, 0.5) is 18.0 Å². The molecule has 11 heteroatoms. The number of benzene rings is 1. The molecule has 40 heavy (non-hydrogen) atoms. The number of aromatic nitrogens is 3. The van der Waals surface area contributed by atoms with E-state index in [1.807, 2.05) is 34.5 Å². The molecule has 0 aliphatic carbocycles. The zero-order valence-corrected chi connectivity index (χ0v) is 21.9. The number of ether oxygens (including phenoxy) is 2. The van der Waals surface area contributed by atoms with Gasteiger partial charge in [0.1, 0.15) is 17.1 Å². The maximum absolute atomic E-state index is 13.4. The number of amides is 2. The molecule has 1 atom stereocenters. The third-order valence-corrected chi connectivity index (χ3v) is 7.86. The molecule has 4 aromatic rings. The van der Waals surface area contributed by atoms with Crippen LogP contribution < -0.4 is 9.47 Å². The van der Waals surface area contributed by atoms with E-state index in [1.54, 1.807) is 0 Å². The van der Waals surface area contributed by atoms with Gasteiger partial charge in [-0.2, -0.15) is 0 Å². The number of carbonyl (C=O) groups excluding carboxylic acids is 1. The van der Waals surface area contributed by atoms with Gasteiger partial charge in [-0.25, -0.2) is 9.78 Å². The first-order chi connectivity index (χ1) is 19.3. The zero-order valence-electron chi connectivity index (χ0n) is 21.9. The molecule has 2 saturated heterocycles. The lowest BCUT2D eigenvalue weighted by Crippen LogP contribution is -2.50. The van der Waals surface area contributed by atoms with Crippen molar-refractivity contribution in [2.45, 2.75) is 38.0 Å². The number of aromatic amines is 1. The van der Waals surface area contributed by atoms with Gasteiger partial charge in [-0.1, -0.05) is 0 Å². The highest BCUT2D eigenvalue weighted by Crippen LogP contribution is 2.36. The van der Waals surface area contributed by atoms with Gasteiger partial charge in [-0.05, 0) is 73.6 Å². The molecule has 0 saturated carbocycles. The first-order valence-electron chi connectivity index (χ1n) is 13.6.